The second-order valence-electron chi connectivity index (χ2n) is 5.17. The lowest BCUT2D eigenvalue weighted by molar-refractivity contribution is -0.121. The fourth-order valence-corrected chi connectivity index (χ4v) is 3.58. The van der Waals surface area contributed by atoms with Gasteiger partial charge in [-0.2, -0.15) is 4.99 Å². The van der Waals surface area contributed by atoms with Gasteiger partial charge in [-0.25, -0.2) is 4.79 Å². The molecule has 1 aromatic heterocycles. The van der Waals surface area contributed by atoms with Crippen molar-refractivity contribution in [2.45, 2.75) is 45.8 Å². The fraction of sp³-hybridized carbons (Fsp3) is 0.500. The van der Waals surface area contributed by atoms with Crippen LogP contribution in [0.2, 0.25) is 0 Å². The highest BCUT2D eigenvalue weighted by atomic mass is 32.2. The third kappa shape index (κ3) is 6.50. The number of nitrogens with one attached hydrogen (secondary N) is 1. The van der Waals surface area contributed by atoms with E-state index in [0.29, 0.717) is 10.6 Å². The number of aryl methyl sites for hydroxylation is 1. The van der Waals surface area contributed by atoms with Gasteiger partial charge in [0.05, 0.1) is 12.2 Å². The van der Waals surface area contributed by atoms with Crippen LogP contribution in [0.25, 0.3) is 0 Å². The summed E-state index contributed by atoms with van der Waals surface area (Å²) in [6.07, 6.45) is 1.20. The minimum absolute atomic E-state index is 0.0487. The normalized spacial score (nSPS) is 15.9. The van der Waals surface area contributed by atoms with Crippen molar-refractivity contribution in [3.05, 3.63) is 16.5 Å². The maximum atomic E-state index is 12.0. The van der Waals surface area contributed by atoms with Crippen molar-refractivity contribution in [3.63, 3.8) is 0 Å². The van der Waals surface area contributed by atoms with Crippen LogP contribution in [-0.2, 0) is 14.3 Å². The Morgan fingerprint density at radius 1 is 1.36 bits per heavy atom. The molecule has 0 radical (unpaired) electrons. The molecule has 1 aliphatic rings. The Hall–Kier alpha value is -1.87. The standard InChI is InChI=1S/C13H15N3O4S2.C3H8/c1-3-20-12(19)7-4-6(2)21-11(7)15-9(17)5-8-10(18)16-13(14)22-8;1-3-2/h4,8H,3,5H2,1-2H3,(H,15,17)(H2,14,16,18);3H2,1-2H3. The molecule has 0 saturated heterocycles. The van der Waals surface area contributed by atoms with Crippen LogP contribution in [0, 0.1) is 6.92 Å². The molecule has 2 rings (SSSR count). The van der Waals surface area contributed by atoms with E-state index >= 15 is 0 Å². The second-order valence-corrected chi connectivity index (χ2v) is 7.65. The molecule has 1 aromatic rings. The SMILES string of the molecule is CCC.CCOC(=O)c1cc(C)sc1NC(=O)CC1SC(N)=NC1=O. The molecule has 25 heavy (non-hydrogen) atoms. The molecule has 138 valence electrons. The predicted molar refractivity (Wildman–Crippen MR) is 102 cm³/mol. The molecular weight excluding hydrogens is 362 g/mol. The smallest absolute Gasteiger partial charge is 0.341 e. The highest BCUT2D eigenvalue weighted by Crippen LogP contribution is 2.29. The monoisotopic (exact) mass is 385 g/mol. The van der Waals surface area contributed by atoms with Gasteiger partial charge in [-0.3, -0.25) is 9.59 Å². The largest absolute Gasteiger partial charge is 0.462 e. The Morgan fingerprint density at radius 3 is 2.52 bits per heavy atom. The summed E-state index contributed by atoms with van der Waals surface area (Å²) in [5.41, 5.74) is 5.76. The molecule has 0 aliphatic carbocycles. The van der Waals surface area contributed by atoms with E-state index in [-0.39, 0.29) is 24.1 Å². The maximum Gasteiger partial charge on any atom is 0.341 e. The van der Waals surface area contributed by atoms with E-state index in [1.54, 1.807) is 13.0 Å². The van der Waals surface area contributed by atoms with Gasteiger partial charge in [-0.15, -0.1) is 11.3 Å². The van der Waals surface area contributed by atoms with Crippen LogP contribution in [0.15, 0.2) is 11.1 Å². The molecule has 0 aromatic carbocycles. The van der Waals surface area contributed by atoms with E-state index in [4.69, 9.17) is 10.5 Å². The Morgan fingerprint density at radius 2 is 2.00 bits per heavy atom. The number of thiophene rings is 1. The Labute approximate surface area is 155 Å². The number of esters is 1. The second kappa shape index (κ2) is 10.2. The Kier molecular flexibility index (Phi) is 8.64. The highest BCUT2D eigenvalue weighted by Gasteiger charge is 2.29. The lowest BCUT2D eigenvalue weighted by Crippen LogP contribution is -2.22. The molecule has 1 aliphatic heterocycles. The molecule has 1 atom stereocenters. The zero-order valence-electron chi connectivity index (χ0n) is 14.8. The summed E-state index contributed by atoms with van der Waals surface area (Å²) in [7, 11) is 0. The fourth-order valence-electron chi connectivity index (χ4n) is 1.85. The van der Waals surface area contributed by atoms with Crippen molar-refractivity contribution in [2.75, 3.05) is 11.9 Å². The van der Waals surface area contributed by atoms with Gasteiger partial charge in [0.2, 0.25) is 5.91 Å². The number of ether oxygens (including phenoxy) is 1. The van der Waals surface area contributed by atoms with Gasteiger partial charge in [-0.1, -0.05) is 32.0 Å². The van der Waals surface area contributed by atoms with E-state index in [0.717, 1.165) is 16.6 Å². The molecule has 3 N–H and O–H groups in total. The van der Waals surface area contributed by atoms with Crippen LogP contribution in [0.3, 0.4) is 0 Å². The molecular formula is C16H23N3O4S2. The number of thioether (sulfide) groups is 1. The minimum Gasteiger partial charge on any atom is -0.462 e. The summed E-state index contributed by atoms with van der Waals surface area (Å²) >= 11 is 2.34. The van der Waals surface area contributed by atoms with E-state index in [1.165, 1.54) is 17.8 Å². The molecule has 0 spiro atoms. The topological polar surface area (TPSA) is 111 Å². The number of hydrogen-bond acceptors (Lipinski definition) is 7. The van der Waals surface area contributed by atoms with Gasteiger partial charge in [-0.05, 0) is 19.9 Å². The predicted octanol–water partition coefficient (Wildman–Crippen LogP) is 2.93. The number of hydrogen-bond donors (Lipinski definition) is 2. The number of nitrogens with zero attached hydrogens (tertiary/aromatic N) is 1. The van der Waals surface area contributed by atoms with Crippen molar-refractivity contribution in [1.29, 1.82) is 0 Å². The number of amidine groups is 1. The van der Waals surface area contributed by atoms with E-state index < -0.39 is 17.1 Å². The van der Waals surface area contributed by atoms with Crippen LogP contribution >= 0.6 is 23.1 Å². The molecule has 2 amide bonds. The Bertz CT molecular complexity index is 670. The average molecular weight is 386 g/mol. The van der Waals surface area contributed by atoms with Gasteiger partial charge in [0.1, 0.15) is 10.3 Å². The maximum absolute atomic E-state index is 12.0. The first-order chi connectivity index (χ1) is 11.8. The van der Waals surface area contributed by atoms with E-state index in [2.05, 4.69) is 24.2 Å². The van der Waals surface area contributed by atoms with Crippen molar-refractivity contribution in [1.82, 2.24) is 0 Å². The van der Waals surface area contributed by atoms with Crippen LogP contribution < -0.4 is 11.1 Å². The number of rotatable bonds is 5. The van der Waals surface area contributed by atoms with Gasteiger partial charge in [0.15, 0.2) is 5.17 Å². The summed E-state index contributed by atoms with van der Waals surface area (Å²) in [6, 6.07) is 1.66. The van der Waals surface area contributed by atoms with E-state index in [1.807, 2.05) is 6.92 Å². The molecule has 7 nitrogen and oxygen atoms in total. The zero-order valence-corrected chi connectivity index (χ0v) is 16.4. The summed E-state index contributed by atoms with van der Waals surface area (Å²) in [6.45, 7) is 8.04. The first kappa shape index (κ1) is 21.2. The van der Waals surface area contributed by atoms with Crippen LogP contribution in [0.4, 0.5) is 5.00 Å². The summed E-state index contributed by atoms with van der Waals surface area (Å²) < 4.78 is 4.95. The summed E-state index contributed by atoms with van der Waals surface area (Å²) in [4.78, 5) is 39.8. The van der Waals surface area contributed by atoms with Gasteiger partial charge < -0.3 is 15.8 Å². The number of carbonyl (C=O) groups is 3. The van der Waals surface area contributed by atoms with Crippen LogP contribution in [0.5, 0.6) is 0 Å². The molecule has 1 unspecified atom stereocenters. The molecule has 2 heterocycles. The lowest BCUT2D eigenvalue weighted by atomic mass is 10.2. The van der Waals surface area contributed by atoms with Crippen molar-refractivity contribution in [3.8, 4) is 0 Å². The van der Waals surface area contributed by atoms with Gasteiger partial charge in [0.25, 0.3) is 5.91 Å². The third-order valence-electron chi connectivity index (χ3n) is 2.73. The molecule has 9 heteroatoms. The number of aliphatic imine (C=N–C) groups is 1. The number of amides is 2. The van der Waals surface area contributed by atoms with Crippen LogP contribution in [0.1, 0.15) is 48.8 Å². The summed E-state index contributed by atoms with van der Waals surface area (Å²) in [5.74, 6) is -1.27. The number of carbonyl (C=O) groups excluding carboxylic acids is 3. The van der Waals surface area contributed by atoms with Crippen molar-refractivity contribution < 1.29 is 19.1 Å². The molecule has 0 saturated carbocycles. The average Bonchev–Trinajstić information content (AvgIpc) is 3.02. The first-order valence-corrected chi connectivity index (χ1v) is 9.63. The van der Waals surface area contributed by atoms with Crippen molar-refractivity contribution >= 4 is 51.1 Å². The molecule has 0 fully saturated rings. The van der Waals surface area contributed by atoms with Crippen LogP contribution in [-0.4, -0.2) is 34.8 Å². The number of anilines is 1. The minimum atomic E-state index is -0.605. The highest BCUT2D eigenvalue weighted by molar-refractivity contribution is 8.15. The van der Waals surface area contributed by atoms with Gasteiger partial charge >= 0.3 is 5.97 Å². The summed E-state index contributed by atoms with van der Waals surface area (Å²) in [5, 5.41) is 2.64. The van der Waals surface area contributed by atoms with E-state index in [9.17, 15) is 14.4 Å². The Balaban J connectivity index is 0.000000970. The molecule has 0 bridgehead atoms. The lowest BCUT2D eigenvalue weighted by Gasteiger charge is -2.08. The quantitative estimate of drug-likeness (QED) is 0.754. The van der Waals surface area contributed by atoms with Gasteiger partial charge in [0, 0.05) is 11.3 Å². The number of nitrogens with two attached hydrogens (primary N) is 1. The zero-order chi connectivity index (χ0) is 19.0. The first-order valence-electron chi connectivity index (χ1n) is 7.94. The van der Waals surface area contributed by atoms with Crippen molar-refractivity contribution in [2.24, 2.45) is 10.7 Å². The third-order valence-corrected chi connectivity index (χ3v) is 4.68.